The second kappa shape index (κ2) is 7.62. The van der Waals surface area contributed by atoms with Crippen LogP contribution in [0.25, 0.3) is 0 Å². The lowest BCUT2D eigenvalue weighted by atomic mass is 10.1. The molecule has 0 N–H and O–H groups in total. The van der Waals surface area contributed by atoms with E-state index in [0.717, 1.165) is 37.7 Å². The van der Waals surface area contributed by atoms with E-state index in [9.17, 15) is 8.42 Å². The van der Waals surface area contributed by atoms with Gasteiger partial charge >= 0.3 is 0 Å². The van der Waals surface area contributed by atoms with E-state index in [1.807, 2.05) is 23.4 Å². The summed E-state index contributed by atoms with van der Waals surface area (Å²) in [5.74, 6) is 0. The molecule has 0 spiro atoms. The molecule has 0 aromatic heterocycles. The number of benzene rings is 1. The fourth-order valence-electron chi connectivity index (χ4n) is 3.23. The van der Waals surface area contributed by atoms with E-state index in [-0.39, 0.29) is 12.1 Å². The van der Waals surface area contributed by atoms with Gasteiger partial charge in [-0.25, -0.2) is 8.42 Å². The lowest BCUT2D eigenvalue weighted by Crippen LogP contribution is -2.42. The summed E-state index contributed by atoms with van der Waals surface area (Å²) in [7, 11) is -3.40. The molecule has 1 saturated heterocycles. The highest BCUT2D eigenvalue weighted by molar-refractivity contribution is 14.1. The molecule has 0 amide bonds. The molecule has 0 unspecified atom stereocenters. The van der Waals surface area contributed by atoms with Gasteiger partial charge in [-0.05, 0) is 38.3 Å². The number of alkyl halides is 1. The summed E-state index contributed by atoms with van der Waals surface area (Å²) < 4.78 is 28.5. The number of rotatable bonds is 6. The number of sulfonamides is 1. The number of unbranched alkanes of at least 4 members (excludes halogenated alkanes) is 1. The highest BCUT2D eigenvalue weighted by atomic mass is 127. The first kappa shape index (κ1) is 18.2. The number of hydrogen-bond donors (Lipinski definition) is 0. The number of hydrogen-bond acceptors (Lipinski definition) is 2. The van der Waals surface area contributed by atoms with Crippen molar-refractivity contribution in [2.45, 2.75) is 73.8 Å². The summed E-state index contributed by atoms with van der Waals surface area (Å²) >= 11 is 2.45. The van der Waals surface area contributed by atoms with Gasteiger partial charge in [-0.2, -0.15) is 4.31 Å². The summed E-state index contributed by atoms with van der Waals surface area (Å²) in [6, 6.07) is 7.52. The molecule has 0 bridgehead atoms. The minimum atomic E-state index is -3.40. The standard InChI is InChI=1S/C17H26INO2S/c1-4-6-7-17-16(18)12-14(5-2)19(17)22(20,21)15-10-8-13(3)9-11-15/h8-11,14,16-17H,4-7,12H2,1-3H3/t14-,16+,17-/m0/s1. The van der Waals surface area contributed by atoms with Crippen LogP contribution >= 0.6 is 22.6 Å². The van der Waals surface area contributed by atoms with Crippen molar-refractivity contribution >= 4 is 32.6 Å². The summed E-state index contributed by atoms with van der Waals surface area (Å²) in [5.41, 5.74) is 1.08. The van der Waals surface area contributed by atoms with Crippen molar-refractivity contribution in [3.63, 3.8) is 0 Å². The van der Waals surface area contributed by atoms with Crippen LogP contribution < -0.4 is 0 Å². The average molecular weight is 435 g/mol. The topological polar surface area (TPSA) is 37.4 Å². The Hall–Kier alpha value is -0.140. The van der Waals surface area contributed by atoms with E-state index < -0.39 is 10.0 Å². The summed E-state index contributed by atoms with van der Waals surface area (Å²) in [6.45, 7) is 6.23. The molecule has 124 valence electrons. The molecule has 1 aliphatic heterocycles. The maximum atomic E-state index is 13.2. The molecule has 0 aliphatic carbocycles. The zero-order chi connectivity index (χ0) is 16.3. The molecule has 1 aromatic rings. The smallest absolute Gasteiger partial charge is 0.207 e. The van der Waals surface area contributed by atoms with Crippen molar-refractivity contribution in [1.82, 2.24) is 4.31 Å². The fourth-order valence-corrected chi connectivity index (χ4v) is 6.70. The first-order valence-corrected chi connectivity index (χ1v) is 10.8. The lowest BCUT2D eigenvalue weighted by molar-refractivity contribution is 0.302. The third kappa shape index (κ3) is 3.67. The highest BCUT2D eigenvalue weighted by Crippen LogP contribution is 2.38. The average Bonchev–Trinajstić information content (AvgIpc) is 2.82. The Morgan fingerprint density at radius 1 is 1.23 bits per heavy atom. The second-order valence-electron chi connectivity index (χ2n) is 6.17. The Balaban J connectivity index is 2.37. The monoisotopic (exact) mass is 435 g/mol. The van der Waals surface area contributed by atoms with Crippen LogP contribution in [0.4, 0.5) is 0 Å². The van der Waals surface area contributed by atoms with Crippen molar-refractivity contribution in [3.05, 3.63) is 29.8 Å². The van der Waals surface area contributed by atoms with E-state index in [4.69, 9.17) is 0 Å². The maximum Gasteiger partial charge on any atom is 0.243 e. The van der Waals surface area contributed by atoms with Gasteiger partial charge in [0.1, 0.15) is 0 Å². The van der Waals surface area contributed by atoms with Crippen LogP contribution in [0.1, 0.15) is 51.5 Å². The van der Waals surface area contributed by atoms with Crippen molar-refractivity contribution in [3.8, 4) is 0 Å². The van der Waals surface area contributed by atoms with Gasteiger partial charge in [-0.3, -0.25) is 0 Å². The SMILES string of the molecule is CCCC[C@H]1[C@H](I)C[C@H](CC)N1S(=O)(=O)c1ccc(C)cc1. The molecular weight excluding hydrogens is 409 g/mol. The first-order valence-electron chi connectivity index (χ1n) is 8.16. The molecule has 0 saturated carbocycles. The minimum Gasteiger partial charge on any atom is -0.207 e. The van der Waals surface area contributed by atoms with Crippen molar-refractivity contribution < 1.29 is 8.42 Å². The predicted octanol–water partition coefficient (Wildman–Crippen LogP) is 4.53. The molecular formula is C17H26INO2S. The van der Waals surface area contributed by atoms with Crippen molar-refractivity contribution in [1.29, 1.82) is 0 Å². The Kier molecular flexibility index (Phi) is 6.30. The second-order valence-corrected chi connectivity index (χ2v) is 9.61. The van der Waals surface area contributed by atoms with Gasteiger partial charge < -0.3 is 0 Å². The highest BCUT2D eigenvalue weighted by Gasteiger charge is 2.45. The number of aryl methyl sites for hydroxylation is 1. The van der Waals surface area contributed by atoms with Gasteiger partial charge in [0.15, 0.2) is 0 Å². The minimum absolute atomic E-state index is 0.134. The summed E-state index contributed by atoms with van der Waals surface area (Å²) in [5, 5.41) is 0. The van der Waals surface area contributed by atoms with Gasteiger partial charge in [-0.15, -0.1) is 0 Å². The van der Waals surface area contributed by atoms with Crippen LogP contribution in [0.3, 0.4) is 0 Å². The molecule has 22 heavy (non-hydrogen) atoms. The summed E-state index contributed by atoms with van der Waals surface area (Å²) in [4.78, 5) is 0.434. The maximum absolute atomic E-state index is 13.2. The molecule has 5 heteroatoms. The van der Waals surface area contributed by atoms with E-state index in [0.29, 0.717) is 8.82 Å². The molecule has 3 atom stereocenters. The molecule has 2 rings (SSSR count). The number of nitrogens with zero attached hydrogens (tertiary/aromatic N) is 1. The number of halogens is 1. The lowest BCUT2D eigenvalue weighted by Gasteiger charge is -2.29. The zero-order valence-corrected chi connectivity index (χ0v) is 16.6. The van der Waals surface area contributed by atoms with Crippen LogP contribution in [0.2, 0.25) is 0 Å². The van der Waals surface area contributed by atoms with Crippen LogP contribution in [0.15, 0.2) is 29.2 Å². The Labute approximate surface area is 148 Å². The van der Waals surface area contributed by atoms with Crippen LogP contribution in [0.5, 0.6) is 0 Å². The van der Waals surface area contributed by atoms with Gasteiger partial charge in [0.25, 0.3) is 0 Å². The van der Waals surface area contributed by atoms with E-state index in [2.05, 4.69) is 36.4 Å². The molecule has 1 aromatic carbocycles. The van der Waals surface area contributed by atoms with Gasteiger partial charge in [0.05, 0.1) is 4.90 Å². The van der Waals surface area contributed by atoms with Gasteiger partial charge in [0, 0.05) is 16.0 Å². The Morgan fingerprint density at radius 3 is 2.41 bits per heavy atom. The molecule has 1 aliphatic rings. The normalized spacial score (nSPS) is 26.5. The molecule has 1 fully saturated rings. The predicted molar refractivity (Wildman–Crippen MR) is 100 cm³/mol. The van der Waals surface area contributed by atoms with Crippen LogP contribution in [-0.2, 0) is 10.0 Å². The third-order valence-corrected chi connectivity index (χ3v) is 7.85. The van der Waals surface area contributed by atoms with E-state index >= 15 is 0 Å². The quantitative estimate of drug-likeness (QED) is 0.487. The van der Waals surface area contributed by atoms with Crippen molar-refractivity contribution in [2.75, 3.05) is 0 Å². The molecule has 0 radical (unpaired) electrons. The Bertz CT molecular complexity index is 585. The molecule has 1 heterocycles. The Morgan fingerprint density at radius 2 is 1.86 bits per heavy atom. The molecule has 3 nitrogen and oxygen atoms in total. The van der Waals surface area contributed by atoms with Gasteiger partial charge in [-0.1, -0.05) is 67.0 Å². The van der Waals surface area contributed by atoms with Crippen molar-refractivity contribution in [2.24, 2.45) is 0 Å². The van der Waals surface area contributed by atoms with Crippen LogP contribution in [0, 0.1) is 6.92 Å². The summed E-state index contributed by atoms with van der Waals surface area (Å²) in [6.07, 6.45) is 5.00. The van der Waals surface area contributed by atoms with E-state index in [1.165, 1.54) is 0 Å². The largest absolute Gasteiger partial charge is 0.243 e. The zero-order valence-electron chi connectivity index (χ0n) is 13.6. The van der Waals surface area contributed by atoms with Crippen LogP contribution in [-0.4, -0.2) is 28.7 Å². The van der Waals surface area contributed by atoms with Gasteiger partial charge in [0.2, 0.25) is 10.0 Å². The van der Waals surface area contributed by atoms with E-state index in [1.54, 1.807) is 12.1 Å². The third-order valence-electron chi connectivity index (χ3n) is 4.52. The fraction of sp³-hybridized carbons (Fsp3) is 0.647. The first-order chi connectivity index (χ1) is 10.4.